The molecule has 2 aromatic rings. The van der Waals surface area contributed by atoms with Crippen molar-refractivity contribution in [3.05, 3.63) is 79.9 Å². The lowest BCUT2D eigenvalue weighted by Gasteiger charge is -2.07. The van der Waals surface area contributed by atoms with E-state index < -0.39 is 9.85 Å². The van der Waals surface area contributed by atoms with Crippen LogP contribution in [-0.2, 0) is 0 Å². The standard InChI is InChI=1S/C14H8Br2N2O4/c15-13(9-5-1-3-7-11(9)17(19)20)14(16)10-6-2-4-8-12(10)18(21)22/h1-8H. The van der Waals surface area contributed by atoms with Gasteiger partial charge in [-0.25, -0.2) is 0 Å². The fourth-order valence-electron chi connectivity index (χ4n) is 1.87. The van der Waals surface area contributed by atoms with Gasteiger partial charge in [-0.2, -0.15) is 0 Å². The van der Waals surface area contributed by atoms with E-state index in [2.05, 4.69) is 31.9 Å². The third kappa shape index (κ3) is 3.23. The molecule has 0 aliphatic rings. The number of hydrogen-bond donors (Lipinski definition) is 0. The van der Waals surface area contributed by atoms with E-state index >= 15 is 0 Å². The summed E-state index contributed by atoms with van der Waals surface area (Å²) in [5.74, 6) is 0. The molecule has 22 heavy (non-hydrogen) atoms. The summed E-state index contributed by atoms with van der Waals surface area (Å²) in [4.78, 5) is 21.2. The third-order valence-electron chi connectivity index (χ3n) is 2.87. The van der Waals surface area contributed by atoms with Crippen LogP contribution in [0.4, 0.5) is 11.4 Å². The van der Waals surface area contributed by atoms with Crippen molar-refractivity contribution in [2.24, 2.45) is 0 Å². The van der Waals surface area contributed by atoms with Crippen molar-refractivity contribution in [1.29, 1.82) is 0 Å². The van der Waals surface area contributed by atoms with Gasteiger partial charge in [0.1, 0.15) is 0 Å². The van der Waals surface area contributed by atoms with Crippen LogP contribution >= 0.6 is 31.9 Å². The van der Waals surface area contributed by atoms with Gasteiger partial charge in [-0.05, 0) is 44.0 Å². The lowest BCUT2D eigenvalue weighted by molar-refractivity contribution is -0.385. The van der Waals surface area contributed by atoms with E-state index in [1.54, 1.807) is 36.4 Å². The monoisotopic (exact) mass is 426 g/mol. The van der Waals surface area contributed by atoms with Gasteiger partial charge in [0.15, 0.2) is 0 Å². The van der Waals surface area contributed by atoms with Crippen molar-refractivity contribution in [2.45, 2.75) is 0 Å². The second-order valence-electron chi connectivity index (χ2n) is 4.18. The Morgan fingerprint density at radius 2 is 1.05 bits per heavy atom. The first-order valence-corrected chi connectivity index (χ1v) is 7.55. The van der Waals surface area contributed by atoms with Gasteiger partial charge in [0.2, 0.25) is 0 Å². The maximum Gasteiger partial charge on any atom is 0.277 e. The zero-order chi connectivity index (χ0) is 16.3. The van der Waals surface area contributed by atoms with Crippen LogP contribution in [0, 0.1) is 20.2 Å². The molecule has 0 amide bonds. The number of benzene rings is 2. The van der Waals surface area contributed by atoms with Gasteiger partial charge in [-0.15, -0.1) is 0 Å². The number of rotatable bonds is 4. The van der Waals surface area contributed by atoms with Crippen LogP contribution in [-0.4, -0.2) is 9.85 Å². The highest BCUT2D eigenvalue weighted by Crippen LogP contribution is 2.41. The van der Waals surface area contributed by atoms with Crippen molar-refractivity contribution < 1.29 is 9.85 Å². The number of hydrogen-bond acceptors (Lipinski definition) is 4. The van der Waals surface area contributed by atoms with E-state index in [1.165, 1.54) is 12.1 Å². The smallest absolute Gasteiger partial charge is 0.258 e. The highest BCUT2D eigenvalue weighted by Gasteiger charge is 2.21. The minimum absolute atomic E-state index is 0.0927. The van der Waals surface area contributed by atoms with Gasteiger partial charge < -0.3 is 0 Å². The zero-order valence-electron chi connectivity index (χ0n) is 10.9. The van der Waals surface area contributed by atoms with Crippen molar-refractivity contribution >= 4 is 52.2 Å². The topological polar surface area (TPSA) is 86.3 Å². The normalized spacial score (nSPS) is 11.7. The molecule has 0 aliphatic heterocycles. The van der Waals surface area contributed by atoms with Gasteiger partial charge >= 0.3 is 0 Å². The highest BCUT2D eigenvalue weighted by molar-refractivity contribution is 9.18. The molecule has 0 aliphatic carbocycles. The van der Waals surface area contributed by atoms with Crippen LogP contribution in [0.25, 0.3) is 8.96 Å². The molecular formula is C14H8Br2N2O4. The maximum absolute atomic E-state index is 11.1. The molecule has 8 heteroatoms. The maximum atomic E-state index is 11.1. The van der Waals surface area contributed by atoms with Crippen molar-refractivity contribution in [3.63, 3.8) is 0 Å². The van der Waals surface area contributed by atoms with Crippen molar-refractivity contribution in [2.75, 3.05) is 0 Å². The fraction of sp³-hybridized carbons (Fsp3) is 0. The van der Waals surface area contributed by atoms with Gasteiger partial charge in [-0.3, -0.25) is 20.2 Å². The van der Waals surface area contributed by atoms with E-state index in [0.29, 0.717) is 20.1 Å². The third-order valence-corrected chi connectivity index (χ3v) is 5.05. The Morgan fingerprint density at radius 1 is 0.727 bits per heavy atom. The minimum atomic E-state index is -0.504. The molecule has 0 atom stereocenters. The van der Waals surface area contributed by atoms with Crippen LogP contribution < -0.4 is 0 Å². The lowest BCUT2D eigenvalue weighted by Crippen LogP contribution is -1.95. The Hall–Kier alpha value is -2.06. The molecule has 0 spiro atoms. The molecule has 0 saturated heterocycles. The van der Waals surface area contributed by atoms with E-state index in [0.717, 1.165) is 0 Å². The van der Waals surface area contributed by atoms with Crippen molar-refractivity contribution in [3.8, 4) is 0 Å². The summed E-state index contributed by atoms with van der Waals surface area (Å²) >= 11 is 6.59. The van der Waals surface area contributed by atoms with Gasteiger partial charge in [-0.1, -0.05) is 24.3 Å². The quantitative estimate of drug-likeness (QED) is 0.385. The van der Waals surface area contributed by atoms with Crippen LogP contribution in [0.5, 0.6) is 0 Å². The van der Waals surface area contributed by atoms with Crippen LogP contribution in [0.15, 0.2) is 48.5 Å². The Kier molecular flexibility index (Phi) is 5.04. The van der Waals surface area contributed by atoms with Crippen LogP contribution in [0.1, 0.15) is 11.1 Å². The molecule has 2 rings (SSSR count). The number of nitro benzene ring substituents is 2. The molecule has 0 bridgehead atoms. The minimum Gasteiger partial charge on any atom is -0.258 e. The second kappa shape index (κ2) is 6.80. The molecule has 0 saturated carbocycles. The van der Waals surface area contributed by atoms with Gasteiger partial charge in [0.25, 0.3) is 11.4 Å². The van der Waals surface area contributed by atoms with E-state index in [-0.39, 0.29) is 11.4 Å². The van der Waals surface area contributed by atoms with E-state index in [4.69, 9.17) is 0 Å². The second-order valence-corrected chi connectivity index (χ2v) is 5.76. The largest absolute Gasteiger partial charge is 0.277 e. The predicted octanol–water partition coefficient (Wildman–Crippen LogP) is 5.12. The molecule has 0 N–H and O–H groups in total. The first kappa shape index (κ1) is 16.3. The highest BCUT2D eigenvalue weighted by atomic mass is 79.9. The summed E-state index contributed by atoms with van der Waals surface area (Å²) in [6, 6.07) is 12.3. The first-order valence-electron chi connectivity index (χ1n) is 5.96. The fourth-order valence-corrected chi connectivity index (χ4v) is 2.97. The molecule has 0 fully saturated rings. The molecule has 112 valence electrons. The Balaban J connectivity index is 2.65. The molecule has 0 unspecified atom stereocenters. The number of halogens is 2. The molecule has 6 nitrogen and oxygen atoms in total. The number of para-hydroxylation sites is 2. The van der Waals surface area contributed by atoms with Gasteiger partial charge in [0.05, 0.1) is 21.0 Å². The zero-order valence-corrected chi connectivity index (χ0v) is 14.1. The average Bonchev–Trinajstić information content (AvgIpc) is 2.53. The Bertz CT molecular complexity index is 724. The molecule has 0 heterocycles. The van der Waals surface area contributed by atoms with Crippen LogP contribution in [0.3, 0.4) is 0 Å². The summed E-state index contributed by atoms with van der Waals surface area (Å²) in [6.45, 7) is 0. The average molecular weight is 428 g/mol. The van der Waals surface area contributed by atoms with E-state index in [1.807, 2.05) is 0 Å². The molecule has 0 aromatic heterocycles. The summed E-state index contributed by atoms with van der Waals surface area (Å²) in [6.07, 6.45) is 0. The summed E-state index contributed by atoms with van der Waals surface area (Å²) < 4.78 is 0.739. The first-order chi connectivity index (χ1) is 10.4. The van der Waals surface area contributed by atoms with Crippen molar-refractivity contribution in [1.82, 2.24) is 0 Å². The van der Waals surface area contributed by atoms with E-state index in [9.17, 15) is 20.2 Å². The van der Waals surface area contributed by atoms with Crippen LogP contribution in [0.2, 0.25) is 0 Å². The lowest BCUT2D eigenvalue weighted by atomic mass is 10.1. The number of nitrogens with zero attached hydrogens (tertiary/aromatic N) is 2. The predicted molar refractivity (Wildman–Crippen MR) is 90.9 cm³/mol. The molecule has 0 radical (unpaired) electrons. The Morgan fingerprint density at radius 3 is 1.36 bits per heavy atom. The molecular weight excluding hydrogens is 420 g/mol. The molecule has 2 aromatic carbocycles. The Labute approximate surface area is 142 Å². The van der Waals surface area contributed by atoms with Gasteiger partial charge in [0, 0.05) is 21.1 Å². The summed E-state index contributed by atoms with van der Waals surface area (Å²) in [5.41, 5.74) is 0.477. The summed E-state index contributed by atoms with van der Waals surface area (Å²) in [7, 11) is 0. The SMILES string of the molecule is O=[N+]([O-])c1ccccc1C(Br)=C(Br)c1ccccc1[N+](=O)[O-]. The number of nitro groups is 2. The summed E-state index contributed by atoms with van der Waals surface area (Å²) in [5, 5.41) is 22.2.